The standard InChI is InChI=1S/C34H68NO8P/c1-7-10-11-12-13-14-15-16-17-18-19-20-21-22-23-26-33(36)40-29-32(43-34(37)31(24-8-2)25-9-3)30-42-44(38,39)41-28-27-35(4,5)6/h31-32H,7-30H2,1-6H3. The first kappa shape index (κ1) is 43.0. The molecule has 0 aromatic rings. The van der Waals surface area contributed by atoms with Crippen LogP contribution in [-0.4, -0.2) is 70.0 Å². The van der Waals surface area contributed by atoms with Crippen molar-refractivity contribution in [2.45, 2.75) is 155 Å². The summed E-state index contributed by atoms with van der Waals surface area (Å²) < 4.78 is 33.8. The molecule has 9 nitrogen and oxygen atoms in total. The first-order valence-corrected chi connectivity index (χ1v) is 19.2. The number of quaternary nitrogens is 1. The molecule has 0 rings (SSSR count). The maximum atomic E-state index is 12.8. The number of hydrogen-bond acceptors (Lipinski definition) is 8. The molecule has 262 valence electrons. The third-order valence-electron chi connectivity index (χ3n) is 7.74. The Morgan fingerprint density at radius 2 is 1.16 bits per heavy atom. The molecule has 0 N–H and O–H groups in total. The zero-order chi connectivity index (χ0) is 33.1. The van der Waals surface area contributed by atoms with Gasteiger partial charge in [0, 0.05) is 6.42 Å². The lowest BCUT2D eigenvalue weighted by molar-refractivity contribution is -0.870. The molecule has 0 aliphatic heterocycles. The molecule has 0 bridgehead atoms. The minimum Gasteiger partial charge on any atom is -0.756 e. The van der Waals surface area contributed by atoms with Crippen molar-refractivity contribution in [1.29, 1.82) is 0 Å². The van der Waals surface area contributed by atoms with Crippen LogP contribution in [0.2, 0.25) is 0 Å². The molecule has 10 heteroatoms. The number of phosphoric ester groups is 1. The third-order valence-corrected chi connectivity index (χ3v) is 8.70. The zero-order valence-electron chi connectivity index (χ0n) is 29.3. The highest BCUT2D eigenvalue weighted by atomic mass is 31.2. The second-order valence-corrected chi connectivity index (χ2v) is 14.7. The van der Waals surface area contributed by atoms with Crippen LogP contribution in [0, 0.1) is 5.92 Å². The number of unbranched alkanes of at least 4 members (excludes halogenated alkanes) is 14. The van der Waals surface area contributed by atoms with Gasteiger partial charge in [-0.2, -0.15) is 0 Å². The number of nitrogens with zero attached hydrogens (tertiary/aromatic N) is 1. The van der Waals surface area contributed by atoms with Crippen molar-refractivity contribution < 1.29 is 42.1 Å². The van der Waals surface area contributed by atoms with Gasteiger partial charge in [0.1, 0.15) is 19.8 Å². The molecule has 0 saturated heterocycles. The number of phosphoric acid groups is 1. The summed E-state index contributed by atoms with van der Waals surface area (Å²) in [6, 6.07) is 0. The monoisotopic (exact) mass is 649 g/mol. The van der Waals surface area contributed by atoms with Gasteiger partial charge in [0.25, 0.3) is 7.82 Å². The lowest BCUT2D eigenvalue weighted by Gasteiger charge is -2.28. The number of esters is 2. The van der Waals surface area contributed by atoms with E-state index >= 15 is 0 Å². The quantitative estimate of drug-likeness (QED) is 0.0320. The van der Waals surface area contributed by atoms with Gasteiger partial charge >= 0.3 is 11.9 Å². The van der Waals surface area contributed by atoms with E-state index in [1.807, 2.05) is 35.0 Å². The minimum absolute atomic E-state index is 0.0297. The average Bonchev–Trinajstić information content (AvgIpc) is 2.95. The Kier molecular flexibility index (Phi) is 26.5. The van der Waals surface area contributed by atoms with Crippen molar-refractivity contribution in [3.05, 3.63) is 0 Å². The predicted molar refractivity (Wildman–Crippen MR) is 176 cm³/mol. The number of likely N-dealkylation sites (N-methyl/N-ethyl adjacent to an activating group) is 1. The molecule has 0 aromatic heterocycles. The van der Waals surface area contributed by atoms with Gasteiger partial charge in [-0.3, -0.25) is 14.2 Å². The van der Waals surface area contributed by atoms with Gasteiger partial charge in [0.05, 0.1) is 33.7 Å². The van der Waals surface area contributed by atoms with Crippen LogP contribution in [0.3, 0.4) is 0 Å². The highest BCUT2D eigenvalue weighted by molar-refractivity contribution is 7.45. The molecule has 2 atom stereocenters. The molecule has 0 fully saturated rings. The van der Waals surface area contributed by atoms with Crippen molar-refractivity contribution in [2.75, 3.05) is 47.5 Å². The van der Waals surface area contributed by atoms with Gasteiger partial charge < -0.3 is 27.9 Å². The summed E-state index contributed by atoms with van der Waals surface area (Å²) in [7, 11) is 1.16. The average molecular weight is 650 g/mol. The summed E-state index contributed by atoms with van der Waals surface area (Å²) in [6.45, 7) is 5.97. The maximum absolute atomic E-state index is 12.8. The summed E-state index contributed by atoms with van der Waals surface area (Å²) in [5.41, 5.74) is 0. The Hall–Kier alpha value is -0.990. The van der Waals surface area contributed by atoms with E-state index < -0.39 is 26.5 Å². The number of ether oxygens (including phenoxy) is 2. The SMILES string of the molecule is CCCCCCCCCCCCCCCCCC(=O)OCC(COP(=O)([O-])OCC[N+](C)(C)C)OC(=O)C(CCC)CCC. The summed E-state index contributed by atoms with van der Waals surface area (Å²) in [6.07, 6.45) is 21.0. The second kappa shape index (κ2) is 27.2. The van der Waals surface area contributed by atoms with Crippen LogP contribution < -0.4 is 4.89 Å². The zero-order valence-corrected chi connectivity index (χ0v) is 30.2. The molecule has 0 aliphatic rings. The molecule has 2 unspecified atom stereocenters. The van der Waals surface area contributed by atoms with Crippen molar-refractivity contribution in [2.24, 2.45) is 5.92 Å². The molecule has 0 spiro atoms. The van der Waals surface area contributed by atoms with Gasteiger partial charge in [-0.05, 0) is 19.3 Å². The lowest BCUT2D eigenvalue weighted by Crippen LogP contribution is -2.37. The first-order valence-electron chi connectivity index (χ1n) is 17.7. The second-order valence-electron chi connectivity index (χ2n) is 13.3. The maximum Gasteiger partial charge on any atom is 0.309 e. The molecule has 0 aromatic carbocycles. The minimum atomic E-state index is -4.61. The van der Waals surface area contributed by atoms with E-state index in [0.29, 0.717) is 23.9 Å². The Bertz CT molecular complexity index is 752. The van der Waals surface area contributed by atoms with Crippen molar-refractivity contribution in [3.63, 3.8) is 0 Å². The fraction of sp³-hybridized carbons (Fsp3) is 0.941. The van der Waals surface area contributed by atoms with Crippen LogP contribution in [0.15, 0.2) is 0 Å². The molecule has 0 aliphatic carbocycles. The molecule has 0 heterocycles. The number of carbonyl (C=O) groups is 2. The van der Waals surface area contributed by atoms with Gasteiger partial charge in [0.15, 0.2) is 6.10 Å². The van der Waals surface area contributed by atoms with E-state index in [1.54, 1.807) is 0 Å². The van der Waals surface area contributed by atoms with Crippen LogP contribution in [0.5, 0.6) is 0 Å². The molecule has 44 heavy (non-hydrogen) atoms. The van der Waals surface area contributed by atoms with E-state index in [1.165, 1.54) is 77.0 Å². The molecule has 0 radical (unpaired) electrons. The van der Waals surface area contributed by atoms with Crippen molar-refractivity contribution in [3.8, 4) is 0 Å². The van der Waals surface area contributed by atoms with Crippen LogP contribution >= 0.6 is 7.82 Å². The molecular formula is C34H68NO8P. The van der Waals surface area contributed by atoms with Crippen LogP contribution in [0.1, 0.15) is 149 Å². The van der Waals surface area contributed by atoms with Crippen molar-refractivity contribution >= 4 is 19.8 Å². The highest BCUT2D eigenvalue weighted by Gasteiger charge is 2.25. The van der Waals surface area contributed by atoms with Gasteiger partial charge in [-0.15, -0.1) is 0 Å². The first-order chi connectivity index (χ1) is 20.9. The number of rotatable bonds is 31. The summed E-state index contributed by atoms with van der Waals surface area (Å²) in [5, 5.41) is 0. The Balaban J connectivity index is 4.41. The number of carbonyl (C=O) groups excluding carboxylic acids is 2. The van der Waals surface area contributed by atoms with Crippen LogP contribution in [0.4, 0.5) is 0 Å². The Labute approximate surface area is 270 Å². The smallest absolute Gasteiger partial charge is 0.309 e. The predicted octanol–water partition coefficient (Wildman–Crippen LogP) is 8.13. The van der Waals surface area contributed by atoms with E-state index in [4.69, 9.17) is 18.5 Å². The van der Waals surface area contributed by atoms with Gasteiger partial charge in [-0.25, -0.2) is 0 Å². The molecular weight excluding hydrogens is 581 g/mol. The largest absolute Gasteiger partial charge is 0.756 e. The summed E-state index contributed by atoms with van der Waals surface area (Å²) in [4.78, 5) is 37.5. The van der Waals surface area contributed by atoms with Crippen LogP contribution in [-0.2, 0) is 32.7 Å². The normalized spacial score (nSPS) is 14.0. The third kappa shape index (κ3) is 27.3. The molecule has 0 amide bonds. The molecule has 0 saturated carbocycles. The van der Waals surface area contributed by atoms with Gasteiger partial charge in [0.2, 0.25) is 0 Å². The number of hydrogen-bond donors (Lipinski definition) is 0. The van der Waals surface area contributed by atoms with Gasteiger partial charge in [-0.1, -0.05) is 124 Å². The van der Waals surface area contributed by atoms with Crippen LogP contribution in [0.25, 0.3) is 0 Å². The summed E-state index contributed by atoms with van der Waals surface area (Å²) >= 11 is 0. The fourth-order valence-corrected chi connectivity index (χ4v) is 5.72. The summed E-state index contributed by atoms with van der Waals surface area (Å²) in [5.74, 6) is -1.10. The van der Waals surface area contributed by atoms with E-state index in [9.17, 15) is 19.0 Å². The highest BCUT2D eigenvalue weighted by Crippen LogP contribution is 2.38. The lowest BCUT2D eigenvalue weighted by atomic mass is 9.98. The van der Waals surface area contributed by atoms with E-state index in [0.717, 1.165) is 32.1 Å². The Morgan fingerprint density at radius 1 is 0.682 bits per heavy atom. The van der Waals surface area contributed by atoms with Crippen molar-refractivity contribution in [1.82, 2.24) is 0 Å². The fourth-order valence-electron chi connectivity index (χ4n) is 4.99. The topological polar surface area (TPSA) is 111 Å². The Morgan fingerprint density at radius 3 is 1.61 bits per heavy atom. The van der Waals surface area contributed by atoms with E-state index in [2.05, 4.69) is 6.92 Å². The van der Waals surface area contributed by atoms with E-state index in [-0.39, 0.29) is 31.5 Å².